The van der Waals surface area contributed by atoms with Crippen LogP contribution in [0.2, 0.25) is 0 Å². The van der Waals surface area contributed by atoms with E-state index in [1.54, 1.807) is 0 Å². The van der Waals surface area contributed by atoms with Crippen LogP contribution in [0.4, 0.5) is 10.2 Å². The molecule has 1 amide bonds. The molecule has 1 aromatic carbocycles. The van der Waals surface area contributed by atoms with Gasteiger partial charge in [0.2, 0.25) is 0 Å². The van der Waals surface area contributed by atoms with E-state index in [1.807, 2.05) is 0 Å². The van der Waals surface area contributed by atoms with Gasteiger partial charge in [-0.25, -0.2) is 14.2 Å². The van der Waals surface area contributed by atoms with Crippen molar-refractivity contribution in [1.82, 2.24) is 4.98 Å². The summed E-state index contributed by atoms with van der Waals surface area (Å²) >= 11 is 3.14. The lowest BCUT2D eigenvalue weighted by atomic mass is 10.2. The van der Waals surface area contributed by atoms with E-state index in [2.05, 4.69) is 26.2 Å². The zero-order valence-corrected chi connectivity index (χ0v) is 11.5. The lowest BCUT2D eigenvalue weighted by Crippen LogP contribution is -2.15. The normalized spacial score (nSPS) is 10.1. The van der Waals surface area contributed by atoms with E-state index < -0.39 is 17.7 Å². The van der Waals surface area contributed by atoms with Crippen molar-refractivity contribution in [3.8, 4) is 0 Å². The third kappa shape index (κ3) is 3.18. The molecule has 1 heterocycles. The molecule has 1 aromatic heterocycles. The second-order valence-corrected chi connectivity index (χ2v) is 4.73. The van der Waals surface area contributed by atoms with Crippen LogP contribution in [0, 0.1) is 5.82 Å². The van der Waals surface area contributed by atoms with Crippen molar-refractivity contribution in [3.63, 3.8) is 0 Å². The van der Waals surface area contributed by atoms with E-state index in [1.165, 1.54) is 30.5 Å². The molecular formula is C13H8BrFN2O3. The number of carbonyl (C=O) groups excluding carboxylic acids is 1. The molecule has 0 saturated carbocycles. The number of aromatic carboxylic acids is 1. The summed E-state index contributed by atoms with van der Waals surface area (Å²) in [5, 5.41) is 11.2. The smallest absolute Gasteiger partial charge is 0.335 e. The van der Waals surface area contributed by atoms with E-state index >= 15 is 0 Å². The molecule has 2 rings (SSSR count). The summed E-state index contributed by atoms with van der Waals surface area (Å²) in [6.07, 6.45) is 1.25. The van der Waals surface area contributed by atoms with Gasteiger partial charge in [0.25, 0.3) is 5.91 Å². The largest absolute Gasteiger partial charge is 0.478 e. The SMILES string of the molecule is O=C(O)c1ccnc(NC(=O)c2cc(Br)ccc2F)c1. The van der Waals surface area contributed by atoms with E-state index in [0.29, 0.717) is 4.47 Å². The molecule has 0 aliphatic heterocycles. The molecule has 0 atom stereocenters. The van der Waals surface area contributed by atoms with Crippen molar-refractivity contribution >= 4 is 33.6 Å². The number of nitrogens with zero attached hydrogens (tertiary/aromatic N) is 1. The Balaban J connectivity index is 2.25. The first kappa shape index (κ1) is 14.1. The Hall–Kier alpha value is -2.28. The van der Waals surface area contributed by atoms with Gasteiger partial charge in [-0.15, -0.1) is 0 Å². The number of anilines is 1. The van der Waals surface area contributed by atoms with Crippen molar-refractivity contribution in [2.24, 2.45) is 0 Å². The average Bonchev–Trinajstić information content (AvgIpc) is 2.41. The third-order valence-electron chi connectivity index (χ3n) is 2.42. The van der Waals surface area contributed by atoms with E-state index in [0.717, 1.165) is 6.07 Å². The molecule has 0 radical (unpaired) electrons. The molecule has 5 nitrogen and oxygen atoms in total. The number of rotatable bonds is 3. The lowest BCUT2D eigenvalue weighted by Gasteiger charge is -2.06. The molecule has 20 heavy (non-hydrogen) atoms. The third-order valence-corrected chi connectivity index (χ3v) is 2.91. The van der Waals surface area contributed by atoms with Crippen LogP contribution in [0.3, 0.4) is 0 Å². The minimum Gasteiger partial charge on any atom is -0.478 e. The summed E-state index contributed by atoms with van der Waals surface area (Å²) < 4.78 is 14.1. The fraction of sp³-hybridized carbons (Fsp3) is 0. The van der Waals surface area contributed by atoms with Crippen LogP contribution < -0.4 is 5.32 Å². The topological polar surface area (TPSA) is 79.3 Å². The van der Waals surface area contributed by atoms with E-state index in [9.17, 15) is 14.0 Å². The van der Waals surface area contributed by atoms with Gasteiger partial charge >= 0.3 is 5.97 Å². The first-order valence-corrected chi connectivity index (χ1v) is 6.22. The Morgan fingerprint density at radius 1 is 1.25 bits per heavy atom. The highest BCUT2D eigenvalue weighted by atomic mass is 79.9. The highest BCUT2D eigenvalue weighted by molar-refractivity contribution is 9.10. The second kappa shape index (κ2) is 5.79. The first-order chi connectivity index (χ1) is 9.47. The number of carboxylic acid groups (broad SMARTS) is 1. The van der Waals surface area contributed by atoms with Gasteiger partial charge in [-0.2, -0.15) is 0 Å². The van der Waals surface area contributed by atoms with Crippen molar-refractivity contribution in [1.29, 1.82) is 0 Å². The van der Waals surface area contributed by atoms with Gasteiger partial charge in [0, 0.05) is 10.7 Å². The summed E-state index contributed by atoms with van der Waals surface area (Å²) in [7, 11) is 0. The number of hydrogen-bond donors (Lipinski definition) is 2. The standard InChI is InChI=1S/C13H8BrFN2O3/c14-8-1-2-10(15)9(6-8)12(18)17-11-5-7(13(19)20)3-4-16-11/h1-6H,(H,19,20)(H,16,17,18). The maximum Gasteiger partial charge on any atom is 0.335 e. The number of pyridine rings is 1. The van der Waals surface area contributed by atoms with Crippen molar-refractivity contribution in [2.75, 3.05) is 5.32 Å². The van der Waals surface area contributed by atoms with Crippen molar-refractivity contribution < 1.29 is 19.1 Å². The number of halogens is 2. The predicted molar refractivity (Wildman–Crippen MR) is 73.2 cm³/mol. The number of hydrogen-bond acceptors (Lipinski definition) is 3. The van der Waals surface area contributed by atoms with Crippen LogP contribution in [0.25, 0.3) is 0 Å². The molecule has 0 spiro atoms. The quantitative estimate of drug-likeness (QED) is 0.901. The monoisotopic (exact) mass is 338 g/mol. The summed E-state index contributed by atoms with van der Waals surface area (Å²) in [6.45, 7) is 0. The Morgan fingerprint density at radius 3 is 2.70 bits per heavy atom. The molecule has 0 saturated heterocycles. The minimum atomic E-state index is -1.14. The van der Waals surface area contributed by atoms with Gasteiger partial charge in [-0.05, 0) is 30.3 Å². The number of nitrogens with one attached hydrogen (secondary N) is 1. The van der Waals surface area contributed by atoms with Gasteiger partial charge < -0.3 is 10.4 Å². The van der Waals surface area contributed by atoms with Gasteiger partial charge in [-0.3, -0.25) is 4.79 Å². The number of aromatic nitrogens is 1. The highest BCUT2D eigenvalue weighted by Crippen LogP contribution is 2.17. The predicted octanol–water partition coefficient (Wildman–Crippen LogP) is 2.93. The summed E-state index contributed by atoms with van der Waals surface area (Å²) in [6, 6.07) is 6.43. The van der Waals surface area contributed by atoms with Gasteiger partial charge in [-0.1, -0.05) is 15.9 Å². The molecule has 0 aliphatic carbocycles. The number of carboxylic acids is 1. The number of amides is 1. The van der Waals surface area contributed by atoms with Crippen LogP contribution in [0.1, 0.15) is 20.7 Å². The van der Waals surface area contributed by atoms with Gasteiger partial charge in [0.1, 0.15) is 11.6 Å². The molecular weight excluding hydrogens is 331 g/mol. The first-order valence-electron chi connectivity index (χ1n) is 5.43. The average molecular weight is 339 g/mol. The van der Waals surface area contributed by atoms with E-state index in [4.69, 9.17) is 5.11 Å². The highest BCUT2D eigenvalue weighted by Gasteiger charge is 2.13. The molecule has 102 valence electrons. The summed E-state index contributed by atoms with van der Waals surface area (Å²) in [5.41, 5.74) is -0.188. The Kier molecular flexibility index (Phi) is 4.09. The number of carbonyl (C=O) groups is 2. The van der Waals surface area contributed by atoms with Gasteiger partial charge in [0.05, 0.1) is 11.1 Å². The van der Waals surface area contributed by atoms with Gasteiger partial charge in [0.15, 0.2) is 0 Å². The summed E-state index contributed by atoms with van der Waals surface area (Å²) in [4.78, 5) is 26.5. The Bertz CT molecular complexity index is 691. The zero-order chi connectivity index (χ0) is 14.7. The van der Waals surface area contributed by atoms with E-state index in [-0.39, 0.29) is 16.9 Å². The fourth-order valence-corrected chi connectivity index (χ4v) is 1.85. The molecule has 0 aliphatic rings. The van der Waals surface area contributed by atoms with Crippen molar-refractivity contribution in [3.05, 3.63) is 57.9 Å². The fourth-order valence-electron chi connectivity index (χ4n) is 1.49. The molecule has 0 fully saturated rings. The van der Waals surface area contributed by atoms with Crippen LogP contribution in [-0.4, -0.2) is 22.0 Å². The van der Waals surface area contributed by atoms with Crippen molar-refractivity contribution in [2.45, 2.75) is 0 Å². The maximum atomic E-state index is 13.5. The summed E-state index contributed by atoms with van der Waals surface area (Å²) in [5.74, 6) is -2.50. The molecule has 2 N–H and O–H groups in total. The number of benzene rings is 1. The van der Waals surface area contributed by atoms with Crippen LogP contribution in [0.15, 0.2) is 41.0 Å². The minimum absolute atomic E-state index is 0.0231. The van der Waals surface area contributed by atoms with Crippen LogP contribution in [0.5, 0.6) is 0 Å². The maximum absolute atomic E-state index is 13.5. The molecule has 7 heteroatoms. The Morgan fingerprint density at radius 2 is 2.00 bits per heavy atom. The molecule has 2 aromatic rings. The second-order valence-electron chi connectivity index (χ2n) is 3.81. The molecule has 0 unspecified atom stereocenters. The van der Waals surface area contributed by atoms with Crippen LogP contribution >= 0.6 is 15.9 Å². The molecule has 0 bridgehead atoms. The lowest BCUT2D eigenvalue weighted by molar-refractivity contribution is 0.0696. The van der Waals surface area contributed by atoms with Crippen LogP contribution in [-0.2, 0) is 0 Å². The Labute approximate surface area is 121 Å². The zero-order valence-electron chi connectivity index (χ0n) is 9.93.